The van der Waals surface area contributed by atoms with Crippen LogP contribution in [0.1, 0.15) is 27.2 Å². The van der Waals surface area contributed by atoms with Crippen LogP contribution < -0.4 is 5.32 Å². The van der Waals surface area contributed by atoms with Gasteiger partial charge in [-0.25, -0.2) is 0 Å². The summed E-state index contributed by atoms with van der Waals surface area (Å²) in [5.74, 6) is -0.408. The molecule has 1 amide bonds. The fourth-order valence-electron chi connectivity index (χ4n) is 1.25. The summed E-state index contributed by atoms with van der Waals surface area (Å²) in [4.78, 5) is 22.9. The number of amides is 1. The highest BCUT2D eigenvalue weighted by atomic mass is 28.4. The monoisotopic (exact) mass is 245 g/mol. The van der Waals surface area contributed by atoms with Gasteiger partial charge in [0.2, 0.25) is 14.2 Å². The van der Waals surface area contributed by atoms with E-state index in [9.17, 15) is 9.59 Å². The van der Waals surface area contributed by atoms with Crippen molar-refractivity contribution >= 4 is 20.2 Å². The Hall–Kier alpha value is -0.843. The number of hydrogen-bond donors (Lipinski definition) is 1. The van der Waals surface area contributed by atoms with E-state index in [0.29, 0.717) is 0 Å². The van der Waals surface area contributed by atoms with Crippen LogP contribution in [0.5, 0.6) is 0 Å². The van der Waals surface area contributed by atoms with Crippen LogP contribution >= 0.6 is 0 Å². The minimum Gasteiger partial charge on any atom is -0.518 e. The molecule has 0 heterocycles. The highest BCUT2D eigenvalue weighted by molar-refractivity contribution is 6.71. The van der Waals surface area contributed by atoms with Crippen LogP contribution in [0.3, 0.4) is 0 Å². The van der Waals surface area contributed by atoms with Crippen molar-refractivity contribution in [2.75, 3.05) is 0 Å². The predicted octanol–water partition coefficient (Wildman–Crippen LogP) is 1.92. The molecule has 2 atom stereocenters. The zero-order valence-corrected chi connectivity index (χ0v) is 12.1. The second-order valence-corrected chi connectivity index (χ2v) is 9.53. The van der Waals surface area contributed by atoms with Crippen molar-refractivity contribution in [3.8, 4) is 0 Å². The average molecular weight is 245 g/mol. The first kappa shape index (κ1) is 15.2. The van der Waals surface area contributed by atoms with E-state index in [2.05, 4.69) is 5.32 Å². The Morgan fingerprint density at radius 1 is 1.31 bits per heavy atom. The molecule has 0 aromatic heterocycles. The van der Waals surface area contributed by atoms with E-state index in [0.717, 1.165) is 6.42 Å². The standard InChI is InChI=1S/C11H23NO3Si/c1-7-8(2)10(12-9(3)13)11(14)15-16(4,5)6/h8,10H,7H2,1-6H3,(H,12,13)/t8-,10-/m1/s1. The average Bonchev–Trinajstić information content (AvgIpc) is 2.09. The molecule has 0 spiro atoms. The third-order valence-corrected chi connectivity index (χ3v) is 3.05. The van der Waals surface area contributed by atoms with Crippen LogP contribution in [-0.2, 0) is 14.0 Å². The van der Waals surface area contributed by atoms with Gasteiger partial charge in [0, 0.05) is 6.92 Å². The van der Waals surface area contributed by atoms with Crippen LogP contribution in [0, 0.1) is 5.92 Å². The minimum atomic E-state index is -1.89. The molecular weight excluding hydrogens is 222 g/mol. The molecule has 0 aromatic carbocycles. The molecule has 0 aliphatic rings. The Labute approximate surface area is 98.9 Å². The first-order valence-corrected chi connectivity index (χ1v) is 9.08. The van der Waals surface area contributed by atoms with Gasteiger partial charge < -0.3 is 9.74 Å². The molecule has 16 heavy (non-hydrogen) atoms. The van der Waals surface area contributed by atoms with Crippen LogP contribution in [0.25, 0.3) is 0 Å². The predicted molar refractivity (Wildman–Crippen MR) is 66.5 cm³/mol. The van der Waals surface area contributed by atoms with Crippen molar-refractivity contribution in [2.24, 2.45) is 5.92 Å². The van der Waals surface area contributed by atoms with Crippen molar-refractivity contribution < 1.29 is 14.0 Å². The van der Waals surface area contributed by atoms with Gasteiger partial charge in [-0.2, -0.15) is 0 Å². The maximum absolute atomic E-state index is 11.9. The fraction of sp³-hybridized carbons (Fsp3) is 0.818. The lowest BCUT2D eigenvalue weighted by molar-refractivity contribution is -0.141. The van der Waals surface area contributed by atoms with Crippen molar-refractivity contribution in [1.82, 2.24) is 5.32 Å². The van der Waals surface area contributed by atoms with Crippen molar-refractivity contribution in [2.45, 2.75) is 52.9 Å². The Kier molecular flexibility index (Phi) is 5.71. The minimum absolute atomic E-state index is 0.0905. The molecule has 0 rings (SSSR count). The molecule has 5 heteroatoms. The van der Waals surface area contributed by atoms with Gasteiger partial charge in [-0.1, -0.05) is 20.3 Å². The summed E-state index contributed by atoms with van der Waals surface area (Å²) in [6.07, 6.45) is 0.825. The van der Waals surface area contributed by atoms with Crippen LogP contribution in [0.15, 0.2) is 0 Å². The van der Waals surface area contributed by atoms with E-state index in [1.54, 1.807) is 0 Å². The van der Waals surface area contributed by atoms with Crippen molar-refractivity contribution in [3.63, 3.8) is 0 Å². The topological polar surface area (TPSA) is 55.4 Å². The maximum Gasteiger partial charge on any atom is 0.315 e. The normalized spacial score (nSPS) is 15.1. The first-order chi connectivity index (χ1) is 7.17. The summed E-state index contributed by atoms with van der Waals surface area (Å²) < 4.78 is 5.41. The number of carbonyl (C=O) groups excluding carboxylic acids is 2. The molecule has 94 valence electrons. The van der Waals surface area contributed by atoms with Crippen molar-refractivity contribution in [1.29, 1.82) is 0 Å². The molecule has 1 N–H and O–H groups in total. The maximum atomic E-state index is 11.9. The highest BCUT2D eigenvalue weighted by Gasteiger charge is 2.30. The van der Waals surface area contributed by atoms with E-state index in [-0.39, 0.29) is 17.8 Å². The van der Waals surface area contributed by atoms with Crippen LogP contribution in [0.2, 0.25) is 19.6 Å². The van der Waals surface area contributed by atoms with E-state index in [1.165, 1.54) is 6.92 Å². The largest absolute Gasteiger partial charge is 0.518 e. The molecule has 0 bridgehead atoms. The van der Waals surface area contributed by atoms with Gasteiger partial charge >= 0.3 is 5.97 Å². The van der Waals surface area contributed by atoms with Crippen LogP contribution in [-0.4, -0.2) is 26.2 Å². The molecule has 0 aliphatic heterocycles. The number of nitrogens with one attached hydrogen (secondary N) is 1. The van der Waals surface area contributed by atoms with Gasteiger partial charge in [-0.15, -0.1) is 0 Å². The lowest BCUT2D eigenvalue weighted by Gasteiger charge is -2.26. The molecule has 0 unspecified atom stereocenters. The van der Waals surface area contributed by atoms with Gasteiger partial charge in [0.1, 0.15) is 6.04 Å². The third kappa shape index (κ3) is 5.90. The smallest absolute Gasteiger partial charge is 0.315 e. The van der Waals surface area contributed by atoms with E-state index < -0.39 is 14.4 Å². The molecule has 0 radical (unpaired) electrons. The van der Waals surface area contributed by atoms with E-state index in [4.69, 9.17) is 4.43 Å². The Morgan fingerprint density at radius 2 is 1.81 bits per heavy atom. The molecule has 0 saturated heterocycles. The summed E-state index contributed by atoms with van der Waals surface area (Å²) >= 11 is 0. The second-order valence-electron chi connectivity index (χ2n) is 5.10. The van der Waals surface area contributed by atoms with Crippen molar-refractivity contribution in [3.05, 3.63) is 0 Å². The number of rotatable bonds is 5. The lowest BCUT2D eigenvalue weighted by atomic mass is 9.99. The highest BCUT2D eigenvalue weighted by Crippen LogP contribution is 2.13. The molecule has 4 nitrogen and oxygen atoms in total. The molecule has 0 aromatic rings. The summed E-state index contributed by atoms with van der Waals surface area (Å²) in [5, 5.41) is 2.66. The molecule has 0 fully saturated rings. The van der Waals surface area contributed by atoms with Gasteiger partial charge in [0.15, 0.2) is 0 Å². The third-order valence-electron chi connectivity index (χ3n) is 2.23. The van der Waals surface area contributed by atoms with Gasteiger partial charge in [-0.05, 0) is 25.6 Å². The summed E-state index contributed by atoms with van der Waals surface area (Å²) in [6, 6.07) is -0.519. The molecule has 0 aliphatic carbocycles. The lowest BCUT2D eigenvalue weighted by Crippen LogP contribution is -2.48. The molecule has 0 saturated carbocycles. The number of carbonyl (C=O) groups is 2. The first-order valence-electron chi connectivity index (χ1n) is 5.67. The fourth-order valence-corrected chi connectivity index (χ4v) is 1.98. The van der Waals surface area contributed by atoms with E-state index >= 15 is 0 Å². The summed E-state index contributed by atoms with van der Waals surface area (Å²) in [5.41, 5.74) is 0. The Balaban J connectivity index is 4.63. The van der Waals surface area contributed by atoms with Gasteiger partial charge in [0.25, 0.3) is 0 Å². The van der Waals surface area contributed by atoms with E-state index in [1.807, 2.05) is 33.5 Å². The summed E-state index contributed by atoms with van der Waals surface area (Å²) in [6.45, 7) is 11.2. The Morgan fingerprint density at radius 3 is 2.12 bits per heavy atom. The van der Waals surface area contributed by atoms with Crippen LogP contribution in [0.4, 0.5) is 0 Å². The zero-order chi connectivity index (χ0) is 12.9. The molecular formula is C11H23NO3Si. The zero-order valence-electron chi connectivity index (χ0n) is 11.1. The quantitative estimate of drug-likeness (QED) is 0.753. The van der Waals surface area contributed by atoms with Gasteiger partial charge in [-0.3, -0.25) is 9.59 Å². The Bertz CT molecular complexity index is 260. The van der Waals surface area contributed by atoms with Gasteiger partial charge in [0.05, 0.1) is 0 Å². The number of hydrogen-bond acceptors (Lipinski definition) is 3. The SMILES string of the molecule is CC[C@@H](C)[C@@H](NC(C)=O)C(=O)O[Si](C)(C)C. The second kappa shape index (κ2) is 6.03. The summed E-state index contributed by atoms with van der Waals surface area (Å²) in [7, 11) is -1.89.